The Kier molecular flexibility index (Phi) is 7.79. The molecule has 0 aromatic rings. The van der Waals surface area contributed by atoms with E-state index in [1.54, 1.807) is 0 Å². The molecule has 0 saturated heterocycles. The Labute approximate surface area is 104 Å². The zero-order valence-electron chi connectivity index (χ0n) is 11.9. The van der Waals surface area contributed by atoms with Gasteiger partial charge in [-0.15, -0.1) is 5.92 Å². The average Bonchev–Trinajstić information content (AvgIpc) is 2.13. The van der Waals surface area contributed by atoms with Crippen molar-refractivity contribution in [1.29, 1.82) is 0 Å². The van der Waals surface area contributed by atoms with Crippen LogP contribution in [0.25, 0.3) is 0 Å². The van der Waals surface area contributed by atoms with Gasteiger partial charge < -0.3 is 4.43 Å². The van der Waals surface area contributed by atoms with Gasteiger partial charge in [-0.3, -0.25) is 0 Å². The van der Waals surface area contributed by atoms with Gasteiger partial charge in [-0.25, -0.2) is 0 Å². The maximum atomic E-state index is 5.99. The predicted molar refractivity (Wildman–Crippen MR) is 75.1 cm³/mol. The van der Waals surface area contributed by atoms with E-state index in [-0.39, 0.29) is 11.5 Å². The van der Waals surface area contributed by atoms with Crippen LogP contribution in [0.15, 0.2) is 0 Å². The van der Waals surface area contributed by atoms with E-state index in [9.17, 15) is 0 Å². The second kappa shape index (κ2) is 7.92. The largest absolute Gasteiger partial charge is 0.406 e. The molecule has 1 nitrogen and oxygen atoms in total. The van der Waals surface area contributed by atoms with E-state index in [1.807, 2.05) is 0 Å². The minimum Gasteiger partial charge on any atom is -0.406 e. The summed E-state index contributed by atoms with van der Waals surface area (Å²) < 4.78 is 5.99. The van der Waals surface area contributed by atoms with Gasteiger partial charge in [0, 0.05) is 6.42 Å². The van der Waals surface area contributed by atoms with Gasteiger partial charge in [0.1, 0.15) is 6.10 Å². The molecule has 0 aromatic carbocycles. The zero-order chi connectivity index (χ0) is 12.6. The molecule has 0 aromatic heterocycles. The monoisotopic (exact) mass is 240 g/mol. The van der Waals surface area contributed by atoms with Crippen molar-refractivity contribution >= 4 is 9.04 Å². The fraction of sp³-hybridized carbons (Fsp3) is 0.857. The summed E-state index contributed by atoms with van der Waals surface area (Å²) in [4.78, 5) is 0. The molecule has 0 radical (unpaired) electrons. The van der Waals surface area contributed by atoms with Gasteiger partial charge in [-0.2, -0.15) is 0 Å². The van der Waals surface area contributed by atoms with E-state index in [1.165, 1.54) is 19.3 Å². The summed E-state index contributed by atoms with van der Waals surface area (Å²) >= 11 is 0. The molecule has 0 spiro atoms. The lowest BCUT2D eigenvalue weighted by Crippen LogP contribution is -2.31. The van der Waals surface area contributed by atoms with Gasteiger partial charge in [-0.05, 0) is 24.9 Å². The van der Waals surface area contributed by atoms with Crippen molar-refractivity contribution in [1.82, 2.24) is 0 Å². The number of rotatable bonds is 5. The normalized spacial score (nSPS) is 13.4. The first-order chi connectivity index (χ1) is 7.38. The van der Waals surface area contributed by atoms with Gasteiger partial charge in [0.2, 0.25) is 0 Å². The molecule has 2 heteroatoms. The smallest absolute Gasteiger partial charge is 0.172 e. The summed E-state index contributed by atoms with van der Waals surface area (Å²) in [5, 5.41) is 0. The predicted octanol–water partition coefficient (Wildman–Crippen LogP) is 3.98. The summed E-state index contributed by atoms with van der Waals surface area (Å²) in [5.41, 5.74) is 0.134. The standard InChI is InChI=1S/C14H28OSi/c1-7-8-9-10-11-12-13(14(2,3)4)15-16(5)6/h13,16H,7-10H2,1-6H3. The van der Waals surface area contributed by atoms with Crippen molar-refractivity contribution in [2.75, 3.05) is 0 Å². The van der Waals surface area contributed by atoms with E-state index in [0.29, 0.717) is 0 Å². The molecule has 0 aliphatic carbocycles. The minimum absolute atomic E-state index is 0.112. The third kappa shape index (κ3) is 7.96. The fourth-order valence-electron chi connectivity index (χ4n) is 1.36. The lowest BCUT2D eigenvalue weighted by molar-refractivity contribution is 0.137. The Morgan fingerprint density at radius 1 is 1.19 bits per heavy atom. The lowest BCUT2D eigenvalue weighted by Gasteiger charge is -2.28. The highest BCUT2D eigenvalue weighted by molar-refractivity contribution is 6.48. The van der Waals surface area contributed by atoms with Crippen LogP contribution >= 0.6 is 0 Å². The number of hydrogen-bond donors (Lipinski definition) is 0. The van der Waals surface area contributed by atoms with Crippen LogP contribution in [-0.4, -0.2) is 15.1 Å². The van der Waals surface area contributed by atoms with Gasteiger partial charge >= 0.3 is 0 Å². The van der Waals surface area contributed by atoms with Crippen LogP contribution in [-0.2, 0) is 4.43 Å². The van der Waals surface area contributed by atoms with Crippen molar-refractivity contribution in [3.8, 4) is 11.8 Å². The molecule has 0 N–H and O–H groups in total. The molecule has 0 amide bonds. The highest BCUT2D eigenvalue weighted by Crippen LogP contribution is 2.22. The maximum absolute atomic E-state index is 5.99. The van der Waals surface area contributed by atoms with Crippen LogP contribution in [0.1, 0.15) is 53.4 Å². The Hall–Kier alpha value is -0.263. The van der Waals surface area contributed by atoms with Gasteiger partial charge in [0.15, 0.2) is 9.04 Å². The molecule has 0 aliphatic rings. The molecular formula is C14H28OSi. The van der Waals surface area contributed by atoms with Crippen molar-refractivity contribution < 1.29 is 4.43 Å². The molecular weight excluding hydrogens is 212 g/mol. The molecule has 1 unspecified atom stereocenters. The fourth-order valence-corrected chi connectivity index (χ4v) is 2.38. The summed E-state index contributed by atoms with van der Waals surface area (Å²) in [5.74, 6) is 6.59. The minimum atomic E-state index is -0.996. The van der Waals surface area contributed by atoms with Crippen molar-refractivity contribution in [3.63, 3.8) is 0 Å². The van der Waals surface area contributed by atoms with Gasteiger partial charge in [0.05, 0.1) is 0 Å². The Morgan fingerprint density at radius 3 is 2.25 bits per heavy atom. The molecule has 0 heterocycles. The summed E-state index contributed by atoms with van der Waals surface area (Å²) in [6, 6.07) is 0. The lowest BCUT2D eigenvalue weighted by atomic mass is 9.89. The van der Waals surface area contributed by atoms with Crippen LogP contribution in [0.5, 0.6) is 0 Å². The van der Waals surface area contributed by atoms with E-state index >= 15 is 0 Å². The molecule has 94 valence electrons. The Morgan fingerprint density at radius 2 is 1.81 bits per heavy atom. The number of hydrogen-bond acceptors (Lipinski definition) is 1. The van der Waals surface area contributed by atoms with E-state index in [0.717, 1.165) is 6.42 Å². The SMILES string of the molecule is CCCCCC#CC(O[SiH](C)C)C(C)(C)C. The molecule has 0 saturated carbocycles. The third-order valence-electron chi connectivity index (χ3n) is 2.33. The molecule has 1 atom stereocenters. The van der Waals surface area contributed by atoms with Crippen molar-refractivity contribution in [2.45, 2.75) is 72.6 Å². The average molecular weight is 240 g/mol. The van der Waals surface area contributed by atoms with Crippen LogP contribution in [0.3, 0.4) is 0 Å². The maximum Gasteiger partial charge on any atom is 0.172 e. The Balaban J connectivity index is 4.20. The summed E-state index contributed by atoms with van der Waals surface area (Å²) in [6.45, 7) is 13.2. The van der Waals surface area contributed by atoms with Crippen molar-refractivity contribution in [3.05, 3.63) is 0 Å². The molecule has 0 aliphatic heterocycles. The molecule has 0 rings (SSSR count). The first-order valence-electron chi connectivity index (χ1n) is 6.51. The van der Waals surface area contributed by atoms with E-state index in [2.05, 4.69) is 52.6 Å². The number of unbranched alkanes of at least 4 members (excludes halogenated alkanes) is 3. The molecule has 0 fully saturated rings. The summed E-state index contributed by atoms with van der Waals surface area (Å²) in [7, 11) is -0.996. The molecule has 0 bridgehead atoms. The van der Waals surface area contributed by atoms with Gasteiger partial charge in [-0.1, -0.05) is 46.5 Å². The third-order valence-corrected chi connectivity index (χ3v) is 3.15. The van der Waals surface area contributed by atoms with Crippen LogP contribution in [0.2, 0.25) is 13.1 Å². The van der Waals surface area contributed by atoms with Crippen LogP contribution in [0, 0.1) is 17.3 Å². The van der Waals surface area contributed by atoms with Gasteiger partial charge in [0.25, 0.3) is 0 Å². The Bertz CT molecular complexity index is 229. The highest BCUT2D eigenvalue weighted by Gasteiger charge is 2.24. The second-order valence-corrected chi connectivity index (χ2v) is 8.08. The topological polar surface area (TPSA) is 9.23 Å². The molecule has 16 heavy (non-hydrogen) atoms. The summed E-state index contributed by atoms with van der Waals surface area (Å²) in [6.07, 6.45) is 4.90. The second-order valence-electron chi connectivity index (χ2n) is 5.71. The van der Waals surface area contributed by atoms with Crippen LogP contribution in [0.4, 0.5) is 0 Å². The quantitative estimate of drug-likeness (QED) is 0.401. The van der Waals surface area contributed by atoms with Crippen LogP contribution < -0.4 is 0 Å². The van der Waals surface area contributed by atoms with Crippen molar-refractivity contribution in [2.24, 2.45) is 5.41 Å². The first kappa shape index (κ1) is 15.7. The first-order valence-corrected chi connectivity index (χ1v) is 9.29. The zero-order valence-corrected chi connectivity index (χ0v) is 13.0. The van der Waals surface area contributed by atoms with E-state index in [4.69, 9.17) is 4.43 Å². The highest BCUT2D eigenvalue weighted by atomic mass is 28.3. The van der Waals surface area contributed by atoms with E-state index < -0.39 is 9.04 Å².